The van der Waals surface area contributed by atoms with Crippen LogP contribution in [0.3, 0.4) is 0 Å². The van der Waals surface area contributed by atoms with Gasteiger partial charge >= 0.3 is 0 Å². The number of anilines is 2. The molecule has 0 amide bonds. The van der Waals surface area contributed by atoms with Crippen molar-refractivity contribution in [2.24, 2.45) is 0 Å². The van der Waals surface area contributed by atoms with E-state index in [9.17, 15) is 2.74 Å². The first-order chi connectivity index (χ1) is 32.7. The SMILES string of the molecule is [2H]c1nc(-n2c3cc(Oc4cc(N5C=CN(c6cc(C(C)(C)C)cc(C(C)(C)C)c6)C5)c([2H])c([2H])c4[2H])ccc3c3c2c2ccccc2n3-c2ccccc2)c([2H])c(C([2H])([2H])[2H])c1-c1ccccc1. The molecule has 6 aromatic carbocycles. The number of aromatic nitrogens is 3. The third-order valence-electron chi connectivity index (χ3n) is 11.5. The molecule has 0 bridgehead atoms. The molecular weight excluding hydrogens is 747 g/mol. The van der Waals surface area contributed by atoms with Crippen LogP contribution in [0.1, 0.15) is 69.2 Å². The topological polar surface area (TPSA) is 38.5 Å². The minimum atomic E-state index is -2.78. The van der Waals surface area contributed by atoms with Crippen molar-refractivity contribution >= 4 is 44.2 Å². The molecular formula is C55H51N5O. The van der Waals surface area contributed by atoms with Crippen LogP contribution in [0.5, 0.6) is 11.5 Å². The lowest BCUT2D eigenvalue weighted by Gasteiger charge is -2.29. The summed E-state index contributed by atoms with van der Waals surface area (Å²) in [7, 11) is 0. The van der Waals surface area contributed by atoms with Crippen LogP contribution in [-0.2, 0) is 10.8 Å². The molecule has 4 heterocycles. The van der Waals surface area contributed by atoms with E-state index in [0.717, 1.165) is 33.2 Å². The molecule has 0 atom stereocenters. The van der Waals surface area contributed by atoms with E-state index in [1.807, 2.05) is 78.0 Å². The maximum absolute atomic E-state index is 9.71. The monoisotopic (exact) mass is 805 g/mol. The molecule has 0 saturated heterocycles. The van der Waals surface area contributed by atoms with Gasteiger partial charge in [0.25, 0.3) is 0 Å². The van der Waals surface area contributed by atoms with E-state index in [2.05, 4.69) is 69.2 Å². The number of ether oxygens (including phenoxy) is 1. The Morgan fingerprint density at radius 3 is 1.98 bits per heavy atom. The summed E-state index contributed by atoms with van der Waals surface area (Å²) in [6.07, 6.45) is 3.55. The Hall–Kier alpha value is -7.05. The number of nitrogens with zero attached hydrogens (tertiary/aromatic N) is 5. The standard InChI is InChI=1S/C55H51N5O/c1-37-29-51(56-35-48(37)38-17-10-8-11-18-38)60-50-34-45(25-26-47(50)52-53(60)46-23-14-15-24-49(46)59(52)41-19-12-9-13-20-41)61-44-22-16-21-42(33-44)57-27-28-58(36-57)43-31-39(54(2,3)4)30-40(32-43)55(5,6)7/h8-35H,36H2,1-7H3/i1D3,16D,21D,22D,29D,35D. The van der Waals surface area contributed by atoms with E-state index in [-0.39, 0.29) is 69.6 Å². The molecule has 1 aliphatic rings. The zero-order chi connectivity index (χ0) is 48.9. The van der Waals surface area contributed by atoms with Gasteiger partial charge in [0.2, 0.25) is 0 Å². The average molecular weight is 806 g/mol. The van der Waals surface area contributed by atoms with Gasteiger partial charge in [0.15, 0.2) is 0 Å². The van der Waals surface area contributed by atoms with Gasteiger partial charge in [-0.15, -0.1) is 0 Å². The van der Waals surface area contributed by atoms with E-state index in [1.54, 1.807) is 53.1 Å². The molecule has 10 rings (SSSR count). The Bertz CT molecular complexity index is 3500. The lowest BCUT2D eigenvalue weighted by atomic mass is 9.80. The number of hydrogen-bond donors (Lipinski definition) is 0. The quantitative estimate of drug-likeness (QED) is 0.161. The van der Waals surface area contributed by atoms with Gasteiger partial charge in [-0.1, -0.05) is 120 Å². The van der Waals surface area contributed by atoms with Crippen molar-refractivity contribution in [2.45, 2.75) is 59.2 Å². The summed E-state index contributed by atoms with van der Waals surface area (Å²) < 4.78 is 82.6. The van der Waals surface area contributed by atoms with E-state index in [1.165, 1.54) is 11.1 Å². The molecule has 3 aromatic heterocycles. The predicted molar refractivity (Wildman–Crippen MR) is 255 cm³/mol. The normalized spacial score (nSPS) is 15.4. The molecule has 61 heavy (non-hydrogen) atoms. The van der Waals surface area contributed by atoms with E-state index >= 15 is 0 Å². The predicted octanol–water partition coefficient (Wildman–Crippen LogP) is 14.2. The second kappa shape index (κ2) is 14.6. The molecule has 0 aliphatic carbocycles. The van der Waals surface area contributed by atoms with E-state index in [0.29, 0.717) is 29.0 Å². The summed E-state index contributed by atoms with van der Waals surface area (Å²) in [5, 5.41) is 1.54. The third-order valence-corrected chi connectivity index (χ3v) is 11.5. The number of fused-ring (bicyclic) bond motifs is 5. The van der Waals surface area contributed by atoms with E-state index < -0.39 is 6.85 Å². The van der Waals surface area contributed by atoms with Crippen LogP contribution in [0.4, 0.5) is 11.4 Å². The van der Waals surface area contributed by atoms with Crippen molar-refractivity contribution in [1.82, 2.24) is 14.1 Å². The summed E-state index contributed by atoms with van der Waals surface area (Å²) in [6, 6.07) is 39.2. The van der Waals surface area contributed by atoms with Crippen LogP contribution in [0.15, 0.2) is 170 Å². The van der Waals surface area contributed by atoms with Gasteiger partial charge < -0.3 is 19.1 Å². The molecule has 6 nitrogen and oxygen atoms in total. The summed E-state index contributed by atoms with van der Waals surface area (Å²) in [5.41, 5.74) is 7.59. The highest BCUT2D eigenvalue weighted by Gasteiger charge is 2.26. The molecule has 0 spiro atoms. The number of hydrogen-bond acceptors (Lipinski definition) is 4. The van der Waals surface area contributed by atoms with Gasteiger partial charge in [0.05, 0.1) is 35.6 Å². The van der Waals surface area contributed by atoms with Crippen LogP contribution in [0, 0.1) is 6.85 Å². The zero-order valence-corrected chi connectivity index (χ0v) is 35.1. The van der Waals surface area contributed by atoms with Gasteiger partial charge in [-0.3, -0.25) is 4.57 Å². The molecule has 9 aromatic rings. The lowest BCUT2D eigenvalue weighted by Crippen LogP contribution is -2.26. The number of rotatable bonds is 7. The smallest absolute Gasteiger partial charge is 0.137 e. The minimum Gasteiger partial charge on any atom is -0.457 e. The second-order valence-corrected chi connectivity index (χ2v) is 17.7. The van der Waals surface area contributed by atoms with Crippen LogP contribution in [-0.4, -0.2) is 20.8 Å². The number of benzene rings is 6. The first kappa shape index (κ1) is 30.0. The van der Waals surface area contributed by atoms with Crippen LogP contribution in [0.25, 0.3) is 55.5 Å². The van der Waals surface area contributed by atoms with Crippen LogP contribution >= 0.6 is 0 Å². The summed E-state index contributed by atoms with van der Waals surface area (Å²) in [5.74, 6) is 0.314. The average Bonchev–Trinajstić information content (AvgIpc) is 4.02. The molecule has 1 aliphatic heterocycles. The molecule has 0 unspecified atom stereocenters. The summed E-state index contributed by atoms with van der Waals surface area (Å²) >= 11 is 0. The van der Waals surface area contributed by atoms with Crippen molar-refractivity contribution in [3.8, 4) is 34.1 Å². The van der Waals surface area contributed by atoms with E-state index in [4.69, 9.17) is 17.9 Å². The van der Waals surface area contributed by atoms with Gasteiger partial charge in [0.1, 0.15) is 17.3 Å². The minimum absolute atomic E-state index is 0.0394. The summed E-state index contributed by atoms with van der Waals surface area (Å²) in [4.78, 5) is 8.76. The molecule has 6 heteroatoms. The molecule has 302 valence electrons. The zero-order valence-electron chi connectivity index (χ0n) is 43.1. The van der Waals surface area contributed by atoms with Crippen LogP contribution in [0.2, 0.25) is 0 Å². The Morgan fingerprint density at radius 2 is 1.26 bits per heavy atom. The lowest BCUT2D eigenvalue weighted by molar-refractivity contribution is 0.483. The highest BCUT2D eigenvalue weighted by molar-refractivity contribution is 6.20. The van der Waals surface area contributed by atoms with Gasteiger partial charge in [-0.25, -0.2) is 4.98 Å². The van der Waals surface area contributed by atoms with Crippen molar-refractivity contribution in [3.63, 3.8) is 0 Å². The molecule has 0 saturated carbocycles. The fourth-order valence-corrected chi connectivity index (χ4v) is 8.21. The first-order valence-corrected chi connectivity index (χ1v) is 20.6. The highest BCUT2D eigenvalue weighted by Crippen LogP contribution is 2.43. The fourth-order valence-electron chi connectivity index (χ4n) is 8.21. The molecule has 0 N–H and O–H groups in total. The van der Waals surface area contributed by atoms with Crippen molar-refractivity contribution in [3.05, 3.63) is 187 Å². The maximum Gasteiger partial charge on any atom is 0.137 e. The Balaban J connectivity index is 1.14. The number of pyridine rings is 1. The third kappa shape index (κ3) is 6.92. The highest BCUT2D eigenvalue weighted by atomic mass is 16.5. The van der Waals surface area contributed by atoms with Gasteiger partial charge in [-0.2, -0.15) is 0 Å². The number of para-hydroxylation sites is 2. The van der Waals surface area contributed by atoms with Crippen molar-refractivity contribution < 1.29 is 15.7 Å². The first-order valence-electron chi connectivity index (χ1n) is 24.6. The second-order valence-electron chi connectivity index (χ2n) is 17.7. The summed E-state index contributed by atoms with van der Waals surface area (Å²) in [6.45, 7) is 10.8. The van der Waals surface area contributed by atoms with Gasteiger partial charge in [0, 0.05) is 68.2 Å². The Morgan fingerprint density at radius 1 is 0.607 bits per heavy atom. The van der Waals surface area contributed by atoms with Crippen molar-refractivity contribution in [2.75, 3.05) is 16.5 Å². The maximum atomic E-state index is 9.71. The Labute approximate surface area is 369 Å². The molecule has 0 fully saturated rings. The van der Waals surface area contributed by atoms with Gasteiger partial charge in [-0.05, 0) is 101 Å². The Kier molecular flexibility index (Phi) is 7.19. The largest absolute Gasteiger partial charge is 0.457 e. The van der Waals surface area contributed by atoms with Crippen LogP contribution < -0.4 is 14.5 Å². The fraction of sp³-hybridized carbons (Fsp3) is 0.182. The van der Waals surface area contributed by atoms with Crippen molar-refractivity contribution in [1.29, 1.82) is 0 Å². The molecule has 0 radical (unpaired) electrons.